The highest BCUT2D eigenvalue weighted by molar-refractivity contribution is 5.68. The van der Waals surface area contributed by atoms with Crippen molar-refractivity contribution in [2.24, 2.45) is 0 Å². The van der Waals surface area contributed by atoms with Gasteiger partial charge < -0.3 is 4.90 Å². The van der Waals surface area contributed by atoms with Crippen LogP contribution in [0.5, 0.6) is 0 Å². The molecule has 1 unspecified atom stereocenters. The van der Waals surface area contributed by atoms with Gasteiger partial charge in [0.1, 0.15) is 5.69 Å². The van der Waals surface area contributed by atoms with E-state index >= 15 is 0 Å². The van der Waals surface area contributed by atoms with Crippen LogP contribution in [0.15, 0.2) is 79.0 Å². The van der Waals surface area contributed by atoms with Crippen molar-refractivity contribution in [3.8, 4) is 22.5 Å². The average molecular weight is 493 g/mol. The molecule has 1 fully saturated rings. The van der Waals surface area contributed by atoms with Crippen molar-refractivity contribution in [1.82, 2.24) is 24.6 Å². The molecule has 6 nitrogen and oxygen atoms in total. The lowest BCUT2D eigenvalue weighted by molar-refractivity contribution is -0.141. The first-order valence-electron chi connectivity index (χ1n) is 12.0. The standard InChI is InChI=1S/C27H27F3N6/c1-20(34-14-16-35(17-15-34)26-31-13-12-25(32-26)27(28,29)30)19-36-24(22-10-6-3-7-11-22)18-23(33-36)21-8-4-2-5-9-21/h2-13,18,20H,14-17,19H2,1H3. The lowest BCUT2D eigenvalue weighted by atomic mass is 10.1. The Morgan fingerprint density at radius 1 is 0.861 bits per heavy atom. The first kappa shape index (κ1) is 24.0. The molecule has 3 heterocycles. The summed E-state index contributed by atoms with van der Waals surface area (Å²) in [4.78, 5) is 12.0. The van der Waals surface area contributed by atoms with Crippen molar-refractivity contribution >= 4 is 5.95 Å². The van der Waals surface area contributed by atoms with Crippen molar-refractivity contribution in [1.29, 1.82) is 0 Å². The number of anilines is 1. The monoisotopic (exact) mass is 492 g/mol. The van der Waals surface area contributed by atoms with E-state index in [9.17, 15) is 13.2 Å². The fraction of sp³-hybridized carbons (Fsp3) is 0.296. The van der Waals surface area contributed by atoms with Crippen LogP contribution in [0.3, 0.4) is 0 Å². The second-order valence-electron chi connectivity index (χ2n) is 8.94. The third kappa shape index (κ3) is 5.26. The SMILES string of the molecule is CC(Cn1nc(-c2ccccc2)cc1-c1ccccc1)N1CCN(c2nccc(C(F)(F)F)n2)CC1. The number of nitrogens with zero attached hydrogens (tertiary/aromatic N) is 6. The van der Waals surface area contributed by atoms with Gasteiger partial charge in [-0.15, -0.1) is 0 Å². The molecule has 36 heavy (non-hydrogen) atoms. The molecule has 0 aliphatic carbocycles. The quantitative estimate of drug-likeness (QED) is 0.369. The van der Waals surface area contributed by atoms with Gasteiger partial charge in [0.2, 0.25) is 5.95 Å². The molecule has 0 bridgehead atoms. The Labute approximate surface area is 208 Å². The van der Waals surface area contributed by atoms with Crippen LogP contribution in [0, 0.1) is 0 Å². The van der Waals surface area contributed by atoms with Gasteiger partial charge >= 0.3 is 6.18 Å². The molecular weight excluding hydrogens is 465 g/mol. The molecule has 0 saturated carbocycles. The molecular formula is C27H27F3N6. The van der Waals surface area contributed by atoms with E-state index in [2.05, 4.69) is 56.8 Å². The van der Waals surface area contributed by atoms with Gasteiger partial charge in [-0.25, -0.2) is 9.97 Å². The fourth-order valence-corrected chi connectivity index (χ4v) is 4.53. The molecule has 186 valence electrons. The van der Waals surface area contributed by atoms with Crippen molar-refractivity contribution in [3.63, 3.8) is 0 Å². The van der Waals surface area contributed by atoms with Crippen LogP contribution in [-0.4, -0.2) is 56.9 Å². The molecule has 0 amide bonds. The molecule has 0 N–H and O–H groups in total. The van der Waals surface area contributed by atoms with Gasteiger partial charge in [0, 0.05) is 44.0 Å². The van der Waals surface area contributed by atoms with Crippen LogP contribution < -0.4 is 4.90 Å². The Morgan fingerprint density at radius 2 is 1.50 bits per heavy atom. The highest BCUT2D eigenvalue weighted by Gasteiger charge is 2.33. The average Bonchev–Trinajstić information content (AvgIpc) is 3.33. The third-order valence-corrected chi connectivity index (χ3v) is 6.51. The largest absolute Gasteiger partial charge is 0.433 e. The molecule has 1 atom stereocenters. The number of halogens is 3. The van der Waals surface area contributed by atoms with E-state index < -0.39 is 11.9 Å². The first-order valence-corrected chi connectivity index (χ1v) is 12.0. The van der Waals surface area contributed by atoms with Crippen molar-refractivity contribution in [3.05, 3.63) is 84.7 Å². The van der Waals surface area contributed by atoms with E-state index in [4.69, 9.17) is 5.10 Å². The van der Waals surface area contributed by atoms with E-state index in [0.29, 0.717) is 32.7 Å². The van der Waals surface area contributed by atoms with E-state index in [1.165, 1.54) is 6.20 Å². The van der Waals surface area contributed by atoms with E-state index in [1.807, 2.05) is 41.3 Å². The Kier molecular flexibility index (Phi) is 6.73. The zero-order chi connectivity index (χ0) is 25.1. The van der Waals surface area contributed by atoms with Crippen LogP contribution in [-0.2, 0) is 12.7 Å². The molecule has 2 aromatic heterocycles. The van der Waals surface area contributed by atoms with Gasteiger partial charge in [-0.05, 0) is 24.6 Å². The number of alkyl halides is 3. The summed E-state index contributed by atoms with van der Waals surface area (Å²) in [6.07, 6.45) is -3.31. The summed E-state index contributed by atoms with van der Waals surface area (Å²) in [5.41, 5.74) is 3.23. The van der Waals surface area contributed by atoms with Crippen molar-refractivity contribution < 1.29 is 13.2 Å². The highest BCUT2D eigenvalue weighted by Crippen LogP contribution is 2.29. The normalized spacial score (nSPS) is 15.7. The molecule has 9 heteroatoms. The summed E-state index contributed by atoms with van der Waals surface area (Å²) in [6, 6.07) is 23.5. The molecule has 5 rings (SSSR count). The smallest absolute Gasteiger partial charge is 0.338 e. The summed E-state index contributed by atoms with van der Waals surface area (Å²) < 4.78 is 41.2. The maximum absolute atomic E-state index is 13.1. The Hall–Kier alpha value is -3.72. The number of hydrogen-bond donors (Lipinski definition) is 0. The van der Waals surface area contributed by atoms with Crippen LogP contribution in [0.25, 0.3) is 22.5 Å². The Morgan fingerprint density at radius 3 is 2.14 bits per heavy atom. The highest BCUT2D eigenvalue weighted by atomic mass is 19.4. The molecule has 4 aromatic rings. The van der Waals surface area contributed by atoms with Crippen LogP contribution in [0.2, 0.25) is 0 Å². The maximum Gasteiger partial charge on any atom is 0.433 e. The minimum atomic E-state index is -4.48. The first-order chi connectivity index (χ1) is 17.4. The fourth-order valence-electron chi connectivity index (χ4n) is 4.53. The minimum absolute atomic E-state index is 0.128. The minimum Gasteiger partial charge on any atom is -0.338 e. The predicted octanol–water partition coefficient (Wildman–Crippen LogP) is 5.24. The second-order valence-corrected chi connectivity index (χ2v) is 8.94. The second kappa shape index (κ2) is 10.1. The van der Waals surface area contributed by atoms with Gasteiger partial charge in [-0.2, -0.15) is 18.3 Å². The van der Waals surface area contributed by atoms with Crippen molar-refractivity contribution in [2.75, 3.05) is 31.1 Å². The van der Waals surface area contributed by atoms with E-state index in [1.54, 1.807) is 0 Å². The van der Waals surface area contributed by atoms with Gasteiger partial charge in [0.15, 0.2) is 0 Å². The van der Waals surface area contributed by atoms with Crippen LogP contribution in [0.4, 0.5) is 19.1 Å². The number of piperazine rings is 1. The number of benzene rings is 2. The zero-order valence-corrected chi connectivity index (χ0v) is 19.9. The number of rotatable bonds is 6. The summed E-state index contributed by atoms with van der Waals surface area (Å²) in [6.45, 7) is 5.38. The van der Waals surface area contributed by atoms with Gasteiger partial charge in [-0.3, -0.25) is 9.58 Å². The van der Waals surface area contributed by atoms with E-state index in [0.717, 1.165) is 28.6 Å². The molecule has 1 aliphatic heterocycles. The summed E-state index contributed by atoms with van der Waals surface area (Å²) >= 11 is 0. The van der Waals surface area contributed by atoms with Crippen LogP contribution in [0.1, 0.15) is 12.6 Å². The molecule has 0 radical (unpaired) electrons. The van der Waals surface area contributed by atoms with Crippen LogP contribution >= 0.6 is 0 Å². The maximum atomic E-state index is 13.1. The zero-order valence-electron chi connectivity index (χ0n) is 19.9. The van der Waals surface area contributed by atoms with Gasteiger partial charge in [0.25, 0.3) is 0 Å². The Balaban J connectivity index is 1.30. The molecule has 1 aliphatic rings. The summed E-state index contributed by atoms with van der Waals surface area (Å²) in [5, 5.41) is 4.94. The topological polar surface area (TPSA) is 50.1 Å². The summed E-state index contributed by atoms with van der Waals surface area (Å²) in [7, 11) is 0. The number of hydrogen-bond acceptors (Lipinski definition) is 5. The number of aromatic nitrogens is 4. The summed E-state index contributed by atoms with van der Waals surface area (Å²) in [5.74, 6) is 0.128. The van der Waals surface area contributed by atoms with Gasteiger partial charge in [0.05, 0.1) is 17.9 Å². The van der Waals surface area contributed by atoms with Gasteiger partial charge in [-0.1, -0.05) is 60.7 Å². The third-order valence-electron chi connectivity index (χ3n) is 6.51. The lowest BCUT2D eigenvalue weighted by Crippen LogP contribution is -2.51. The molecule has 0 spiro atoms. The van der Waals surface area contributed by atoms with E-state index in [-0.39, 0.29) is 12.0 Å². The van der Waals surface area contributed by atoms with Crippen molar-refractivity contribution in [2.45, 2.75) is 25.7 Å². The lowest BCUT2D eigenvalue weighted by Gasteiger charge is -2.38. The predicted molar refractivity (Wildman–Crippen MR) is 133 cm³/mol. The Bertz CT molecular complexity index is 1280. The molecule has 1 saturated heterocycles. The molecule has 2 aromatic carbocycles.